The van der Waals surface area contributed by atoms with Crippen LogP contribution in [0.2, 0.25) is 0 Å². The number of aromatic nitrogens is 2. The van der Waals surface area contributed by atoms with Crippen LogP contribution in [0.4, 0.5) is 10.2 Å². The number of nitrogens with one attached hydrogen (secondary N) is 1. The highest BCUT2D eigenvalue weighted by molar-refractivity contribution is 5.86. The lowest BCUT2D eigenvalue weighted by Crippen LogP contribution is -2.36. The Balaban J connectivity index is 1.76. The molecule has 25 heavy (non-hydrogen) atoms. The highest BCUT2D eigenvalue weighted by Gasteiger charge is 2.34. The van der Waals surface area contributed by atoms with Crippen LogP contribution < -0.4 is 5.32 Å². The second-order valence-corrected chi connectivity index (χ2v) is 6.50. The van der Waals surface area contributed by atoms with Crippen molar-refractivity contribution in [1.29, 1.82) is 0 Å². The van der Waals surface area contributed by atoms with Crippen molar-refractivity contribution in [2.45, 2.75) is 37.5 Å². The normalized spacial score (nSPS) is 16.2. The molecule has 1 aliphatic rings. The third-order valence-electron chi connectivity index (χ3n) is 4.91. The van der Waals surface area contributed by atoms with Gasteiger partial charge in [-0.25, -0.2) is 9.18 Å². The molecule has 5 nitrogen and oxygen atoms in total. The molecule has 0 spiro atoms. The highest BCUT2D eigenvalue weighted by atomic mass is 19.1. The molecule has 1 heterocycles. The first kappa shape index (κ1) is 17.3. The van der Waals surface area contributed by atoms with E-state index in [2.05, 4.69) is 20.3 Å². The smallest absolute Gasteiger partial charge is 0.358 e. The standard InChI is InChI=1S/C19H22FN3O2/c1-25-18(24)16-8-9-17(23-22-16)21-13-19(10-3-2-4-11-19)14-6-5-7-15(20)12-14/h5-9,12H,2-4,10-11,13H2,1H3,(H,21,23). The second-order valence-electron chi connectivity index (χ2n) is 6.50. The van der Waals surface area contributed by atoms with Gasteiger partial charge in [0.25, 0.3) is 0 Å². The summed E-state index contributed by atoms with van der Waals surface area (Å²) in [6.07, 6.45) is 5.50. The average molecular weight is 343 g/mol. The predicted octanol–water partition coefficient (Wildman–Crippen LogP) is 3.72. The number of nitrogens with zero attached hydrogens (tertiary/aromatic N) is 2. The van der Waals surface area contributed by atoms with E-state index < -0.39 is 5.97 Å². The van der Waals surface area contributed by atoms with E-state index in [-0.39, 0.29) is 16.9 Å². The number of halogens is 1. The Morgan fingerprint density at radius 2 is 2.00 bits per heavy atom. The number of ether oxygens (including phenoxy) is 1. The van der Waals surface area contributed by atoms with Gasteiger partial charge in [0.05, 0.1) is 7.11 Å². The quantitative estimate of drug-likeness (QED) is 0.838. The maximum Gasteiger partial charge on any atom is 0.358 e. The van der Waals surface area contributed by atoms with Gasteiger partial charge in [-0.2, -0.15) is 0 Å². The van der Waals surface area contributed by atoms with Crippen molar-refractivity contribution < 1.29 is 13.9 Å². The Kier molecular flexibility index (Phi) is 5.26. The predicted molar refractivity (Wildman–Crippen MR) is 93.0 cm³/mol. The summed E-state index contributed by atoms with van der Waals surface area (Å²) in [6.45, 7) is 0.655. The molecule has 0 radical (unpaired) electrons. The van der Waals surface area contributed by atoms with Crippen LogP contribution in [0.15, 0.2) is 36.4 Å². The zero-order valence-corrected chi connectivity index (χ0v) is 14.3. The van der Waals surface area contributed by atoms with Gasteiger partial charge in [-0.3, -0.25) is 0 Å². The van der Waals surface area contributed by atoms with Crippen molar-refractivity contribution in [3.05, 3.63) is 53.5 Å². The minimum absolute atomic E-state index is 0.108. The SMILES string of the molecule is COC(=O)c1ccc(NCC2(c3cccc(F)c3)CCCCC2)nn1. The molecule has 1 aromatic heterocycles. The Labute approximate surface area is 146 Å². The fourth-order valence-electron chi connectivity index (χ4n) is 3.51. The van der Waals surface area contributed by atoms with Crippen molar-refractivity contribution >= 4 is 11.8 Å². The van der Waals surface area contributed by atoms with Crippen molar-refractivity contribution in [1.82, 2.24) is 10.2 Å². The van der Waals surface area contributed by atoms with E-state index in [1.54, 1.807) is 24.3 Å². The maximum absolute atomic E-state index is 13.7. The molecule has 0 aliphatic heterocycles. The van der Waals surface area contributed by atoms with E-state index in [0.29, 0.717) is 12.4 Å². The lowest BCUT2D eigenvalue weighted by molar-refractivity contribution is 0.0592. The van der Waals surface area contributed by atoms with Gasteiger partial charge < -0.3 is 10.1 Å². The third kappa shape index (κ3) is 3.95. The van der Waals surface area contributed by atoms with Crippen molar-refractivity contribution in [3.8, 4) is 0 Å². The van der Waals surface area contributed by atoms with E-state index in [1.807, 2.05) is 6.07 Å². The van der Waals surface area contributed by atoms with E-state index >= 15 is 0 Å². The van der Waals surface area contributed by atoms with Crippen molar-refractivity contribution in [3.63, 3.8) is 0 Å². The molecule has 0 atom stereocenters. The summed E-state index contributed by atoms with van der Waals surface area (Å²) in [5.74, 6) is -0.124. The van der Waals surface area contributed by atoms with Gasteiger partial charge in [0.2, 0.25) is 0 Å². The minimum Gasteiger partial charge on any atom is -0.464 e. The summed E-state index contributed by atoms with van der Waals surface area (Å²) in [5, 5.41) is 11.2. The maximum atomic E-state index is 13.7. The topological polar surface area (TPSA) is 64.1 Å². The van der Waals surface area contributed by atoms with E-state index in [9.17, 15) is 9.18 Å². The first-order valence-electron chi connectivity index (χ1n) is 8.55. The Bertz CT molecular complexity index is 728. The highest BCUT2D eigenvalue weighted by Crippen LogP contribution is 2.39. The molecule has 3 rings (SSSR count). The zero-order valence-electron chi connectivity index (χ0n) is 14.3. The summed E-state index contributed by atoms with van der Waals surface area (Å²) >= 11 is 0. The van der Waals surface area contributed by atoms with Crippen LogP contribution in [0.3, 0.4) is 0 Å². The van der Waals surface area contributed by atoms with Crippen molar-refractivity contribution in [2.75, 3.05) is 19.0 Å². The van der Waals surface area contributed by atoms with Gasteiger partial charge in [0.1, 0.15) is 11.6 Å². The Hall–Kier alpha value is -2.50. The molecule has 1 aliphatic carbocycles. The molecule has 1 aromatic carbocycles. The largest absolute Gasteiger partial charge is 0.464 e. The Morgan fingerprint density at radius 3 is 2.64 bits per heavy atom. The van der Waals surface area contributed by atoms with E-state index in [1.165, 1.54) is 19.6 Å². The van der Waals surface area contributed by atoms with Gasteiger partial charge in [-0.1, -0.05) is 31.4 Å². The minimum atomic E-state index is -0.512. The molecule has 1 saturated carbocycles. The molecule has 0 saturated heterocycles. The molecule has 0 amide bonds. The number of carbonyl (C=O) groups excluding carboxylic acids is 1. The van der Waals surface area contributed by atoms with Gasteiger partial charge >= 0.3 is 5.97 Å². The lowest BCUT2D eigenvalue weighted by atomic mass is 9.69. The van der Waals surface area contributed by atoms with Crippen molar-refractivity contribution in [2.24, 2.45) is 0 Å². The number of hydrogen-bond donors (Lipinski definition) is 1. The molecule has 0 bridgehead atoms. The first-order chi connectivity index (χ1) is 12.1. The zero-order chi connectivity index (χ0) is 17.7. The van der Waals surface area contributed by atoms with Gasteiger partial charge in [-0.15, -0.1) is 10.2 Å². The van der Waals surface area contributed by atoms with Crippen LogP contribution in [-0.4, -0.2) is 29.8 Å². The number of benzene rings is 1. The molecule has 6 heteroatoms. The van der Waals surface area contributed by atoms with Gasteiger partial charge in [0.15, 0.2) is 5.69 Å². The monoisotopic (exact) mass is 343 g/mol. The fourth-order valence-corrected chi connectivity index (χ4v) is 3.51. The fraction of sp³-hybridized carbons (Fsp3) is 0.421. The average Bonchev–Trinajstić information content (AvgIpc) is 2.67. The van der Waals surface area contributed by atoms with E-state index in [0.717, 1.165) is 31.2 Å². The second kappa shape index (κ2) is 7.59. The third-order valence-corrected chi connectivity index (χ3v) is 4.91. The Morgan fingerprint density at radius 1 is 1.20 bits per heavy atom. The van der Waals surface area contributed by atoms with Crippen LogP contribution in [0, 0.1) is 5.82 Å². The number of anilines is 1. The molecular weight excluding hydrogens is 321 g/mol. The molecular formula is C19H22FN3O2. The van der Waals surface area contributed by atoms with Crippen LogP contribution in [0.25, 0.3) is 0 Å². The number of hydrogen-bond acceptors (Lipinski definition) is 5. The summed E-state index contributed by atoms with van der Waals surface area (Å²) in [5.41, 5.74) is 1.09. The van der Waals surface area contributed by atoms with Crippen LogP contribution in [0.5, 0.6) is 0 Å². The number of methoxy groups -OCH3 is 1. The van der Waals surface area contributed by atoms with E-state index in [4.69, 9.17) is 0 Å². The first-order valence-corrected chi connectivity index (χ1v) is 8.55. The van der Waals surface area contributed by atoms with Crippen LogP contribution in [-0.2, 0) is 10.2 Å². The summed E-state index contributed by atoms with van der Waals surface area (Å²) in [4.78, 5) is 11.4. The van der Waals surface area contributed by atoms with Crippen LogP contribution in [0.1, 0.15) is 48.2 Å². The number of esters is 1. The lowest BCUT2D eigenvalue weighted by Gasteiger charge is -2.38. The molecule has 1 N–H and O–H groups in total. The molecule has 1 fully saturated rings. The molecule has 132 valence electrons. The summed E-state index contributed by atoms with van der Waals surface area (Å²) < 4.78 is 18.3. The summed E-state index contributed by atoms with van der Waals surface area (Å²) in [6, 6.07) is 10.2. The number of rotatable bonds is 5. The van der Waals surface area contributed by atoms with Gasteiger partial charge in [-0.05, 0) is 42.7 Å². The van der Waals surface area contributed by atoms with Crippen LogP contribution >= 0.6 is 0 Å². The number of carbonyl (C=O) groups is 1. The summed E-state index contributed by atoms with van der Waals surface area (Å²) in [7, 11) is 1.31. The molecule has 0 unspecified atom stereocenters. The van der Waals surface area contributed by atoms with Gasteiger partial charge in [0, 0.05) is 12.0 Å². The molecule has 2 aromatic rings.